The largest absolute Gasteiger partial charge is 0.207 e. The van der Waals surface area contributed by atoms with Gasteiger partial charge in [-0.1, -0.05) is 22.0 Å². The van der Waals surface area contributed by atoms with E-state index in [1.807, 2.05) is 13.0 Å². The molecule has 2 atom stereocenters. The summed E-state index contributed by atoms with van der Waals surface area (Å²) in [5.74, 6) is 0.652. The maximum absolute atomic E-state index is 12.9. The summed E-state index contributed by atoms with van der Waals surface area (Å²) in [6.45, 7) is 2.00. The third-order valence-corrected chi connectivity index (χ3v) is 4.12. The maximum Gasteiger partial charge on any atom is 0.123 e. The molecule has 82 valence electrons. The minimum absolute atomic E-state index is 0.124. The van der Waals surface area contributed by atoms with Gasteiger partial charge in [0.15, 0.2) is 0 Å². The summed E-state index contributed by atoms with van der Waals surface area (Å²) in [6, 6.07) is 5.14. The van der Waals surface area contributed by atoms with Crippen LogP contribution in [0.25, 0.3) is 0 Å². The molecule has 0 N–H and O–H groups in total. The van der Waals surface area contributed by atoms with Crippen LogP contribution in [0, 0.1) is 18.7 Å². The molecule has 1 aromatic rings. The number of aryl methyl sites for hydroxylation is 1. The van der Waals surface area contributed by atoms with Crippen LogP contribution >= 0.6 is 15.9 Å². The third kappa shape index (κ3) is 2.81. The molecule has 0 radical (unpaired) electrons. The van der Waals surface area contributed by atoms with Gasteiger partial charge in [-0.3, -0.25) is 0 Å². The van der Waals surface area contributed by atoms with Gasteiger partial charge in [-0.25, -0.2) is 4.39 Å². The van der Waals surface area contributed by atoms with Gasteiger partial charge in [0.1, 0.15) is 5.82 Å². The molecule has 1 saturated carbocycles. The van der Waals surface area contributed by atoms with Gasteiger partial charge in [0.05, 0.1) is 0 Å². The van der Waals surface area contributed by atoms with Gasteiger partial charge in [0.25, 0.3) is 0 Å². The zero-order chi connectivity index (χ0) is 10.8. The minimum Gasteiger partial charge on any atom is -0.207 e. The Kier molecular flexibility index (Phi) is 3.45. The molecular weight excluding hydrogens is 255 g/mol. The van der Waals surface area contributed by atoms with Crippen LogP contribution in [-0.2, 0) is 6.42 Å². The first kappa shape index (κ1) is 11.1. The Labute approximate surface area is 99.0 Å². The quantitative estimate of drug-likeness (QED) is 0.706. The molecule has 0 spiro atoms. The van der Waals surface area contributed by atoms with Crippen molar-refractivity contribution in [1.29, 1.82) is 0 Å². The van der Waals surface area contributed by atoms with Gasteiger partial charge in [-0.2, -0.15) is 0 Å². The average Bonchev–Trinajstić information content (AvgIpc) is 2.56. The van der Waals surface area contributed by atoms with Gasteiger partial charge in [0, 0.05) is 4.83 Å². The average molecular weight is 271 g/mol. The van der Waals surface area contributed by atoms with Crippen molar-refractivity contribution in [3.63, 3.8) is 0 Å². The number of halogens is 2. The van der Waals surface area contributed by atoms with Crippen LogP contribution < -0.4 is 0 Å². The van der Waals surface area contributed by atoms with E-state index in [2.05, 4.69) is 15.9 Å². The molecule has 0 aliphatic heterocycles. The van der Waals surface area contributed by atoms with Gasteiger partial charge in [-0.05, 0) is 61.8 Å². The first-order valence-corrected chi connectivity index (χ1v) is 6.46. The molecule has 0 amide bonds. The molecule has 2 rings (SSSR count). The number of hydrogen-bond acceptors (Lipinski definition) is 0. The van der Waals surface area contributed by atoms with Crippen LogP contribution in [0.2, 0.25) is 0 Å². The monoisotopic (exact) mass is 270 g/mol. The van der Waals surface area contributed by atoms with Crippen LogP contribution in [0.3, 0.4) is 0 Å². The van der Waals surface area contributed by atoms with Crippen LogP contribution in [0.1, 0.15) is 30.4 Å². The molecule has 1 fully saturated rings. The van der Waals surface area contributed by atoms with Crippen molar-refractivity contribution >= 4 is 15.9 Å². The highest BCUT2D eigenvalue weighted by Crippen LogP contribution is 2.33. The molecule has 0 bridgehead atoms. The second-order valence-corrected chi connectivity index (χ2v) is 5.85. The summed E-state index contributed by atoms with van der Waals surface area (Å²) in [5, 5.41) is 0. The molecular formula is C13H16BrF. The Morgan fingerprint density at radius 3 is 2.80 bits per heavy atom. The zero-order valence-corrected chi connectivity index (χ0v) is 10.6. The summed E-state index contributed by atoms with van der Waals surface area (Å²) in [5.41, 5.74) is 2.40. The fraction of sp³-hybridized carbons (Fsp3) is 0.538. The second kappa shape index (κ2) is 4.65. The smallest absolute Gasteiger partial charge is 0.123 e. The standard InChI is InChI=1S/C13H16BrF/c1-9-6-13(15)5-3-11(9)7-10-2-4-12(14)8-10/h3,5-6,10,12H,2,4,7-8H2,1H3. The molecule has 15 heavy (non-hydrogen) atoms. The number of alkyl halides is 1. The van der Waals surface area contributed by atoms with E-state index in [1.165, 1.54) is 24.8 Å². The molecule has 1 aromatic carbocycles. The van der Waals surface area contributed by atoms with E-state index in [1.54, 1.807) is 12.1 Å². The van der Waals surface area contributed by atoms with Crippen molar-refractivity contribution < 1.29 is 4.39 Å². The minimum atomic E-state index is -0.124. The number of rotatable bonds is 2. The summed E-state index contributed by atoms with van der Waals surface area (Å²) in [7, 11) is 0. The first-order chi connectivity index (χ1) is 7.15. The van der Waals surface area contributed by atoms with Crippen molar-refractivity contribution in [1.82, 2.24) is 0 Å². The van der Waals surface area contributed by atoms with Gasteiger partial charge in [-0.15, -0.1) is 0 Å². The summed E-state index contributed by atoms with van der Waals surface area (Å²) in [6.07, 6.45) is 4.95. The van der Waals surface area contributed by atoms with Gasteiger partial charge < -0.3 is 0 Å². The lowest BCUT2D eigenvalue weighted by Crippen LogP contribution is -2.02. The SMILES string of the molecule is Cc1cc(F)ccc1CC1CCC(Br)C1. The molecule has 1 aliphatic rings. The molecule has 2 heteroatoms. The van der Waals surface area contributed by atoms with E-state index < -0.39 is 0 Å². The molecule has 1 aliphatic carbocycles. The van der Waals surface area contributed by atoms with E-state index in [0.29, 0.717) is 4.83 Å². The number of hydrogen-bond donors (Lipinski definition) is 0. The predicted molar refractivity (Wildman–Crippen MR) is 64.9 cm³/mol. The molecule has 0 aromatic heterocycles. The van der Waals surface area contributed by atoms with Crippen molar-refractivity contribution in [3.05, 3.63) is 35.1 Å². The zero-order valence-electron chi connectivity index (χ0n) is 8.97. The maximum atomic E-state index is 12.9. The Balaban J connectivity index is 2.04. The van der Waals surface area contributed by atoms with E-state index in [4.69, 9.17) is 0 Å². The summed E-state index contributed by atoms with van der Waals surface area (Å²) >= 11 is 3.66. The lowest BCUT2D eigenvalue weighted by atomic mass is 9.95. The van der Waals surface area contributed by atoms with E-state index >= 15 is 0 Å². The highest BCUT2D eigenvalue weighted by atomic mass is 79.9. The van der Waals surface area contributed by atoms with E-state index in [0.717, 1.165) is 17.9 Å². The Morgan fingerprint density at radius 1 is 1.40 bits per heavy atom. The van der Waals surface area contributed by atoms with Crippen molar-refractivity contribution in [2.75, 3.05) is 0 Å². The van der Waals surface area contributed by atoms with E-state index in [9.17, 15) is 4.39 Å². The predicted octanol–water partition coefficient (Wildman–Crippen LogP) is 4.24. The second-order valence-electron chi connectivity index (χ2n) is 4.55. The van der Waals surface area contributed by atoms with Gasteiger partial charge >= 0.3 is 0 Å². The van der Waals surface area contributed by atoms with Crippen molar-refractivity contribution in [2.24, 2.45) is 5.92 Å². The lowest BCUT2D eigenvalue weighted by molar-refractivity contribution is 0.545. The van der Waals surface area contributed by atoms with Crippen LogP contribution in [0.5, 0.6) is 0 Å². The van der Waals surface area contributed by atoms with Crippen LogP contribution in [0.4, 0.5) is 4.39 Å². The molecule has 0 heterocycles. The Hall–Kier alpha value is -0.370. The Morgan fingerprint density at radius 2 is 2.20 bits per heavy atom. The lowest BCUT2D eigenvalue weighted by Gasteiger charge is -2.11. The van der Waals surface area contributed by atoms with Crippen LogP contribution in [0.15, 0.2) is 18.2 Å². The topological polar surface area (TPSA) is 0 Å². The molecule has 0 nitrogen and oxygen atoms in total. The first-order valence-electron chi connectivity index (χ1n) is 5.54. The number of benzene rings is 1. The Bertz CT molecular complexity index is 348. The van der Waals surface area contributed by atoms with Crippen molar-refractivity contribution in [2.45, 2.75) is 37.4 Å². The van der Waals surface area contributed by atoms with E-state index in [-0.39, 0.29) is 5.82 Å². The normalized spacial score (nSPS) is 25.8. The fourth-order valence-electron chi connectivity index (χ4n) is 2.40. The summed E-state index contributed by atoms with van der Waals surface area (Å²) in [4.78, 5) is 0.697. The fourth-order valence-corrected chi connectivity index (χ4v) is 3.19. The van der Waals surface area contributed by atoms with Gasteiger partial charge in [0.2, 0.25) is 0 Å². The van der Waals surface area contributed by atoms with Crippen molar-refractivity contribution in [3.8, 4) is 0 Å². The highest BCUT2D eigenvalue weighted by molar-refractivity contribution is 9.09. The molecule has 0 saturated heterocycles. The van der Waals surface area contributed by atoms with Crippen LogP contribution in [-0.4, -0.2) is 4.83 Å². The highest BCUT2D eigenvalue weighted by Gasteiger charge is 2.22. The molecule has 2 unspecified atom stereocenters. The summed E-state index contributed by atoms with van der Waals surface area (Å²) < 4.78 is 12.9. The third-order valence-electron chi connectivity index (χ3n) is 3.29.